The number of carbonyl (C=O) groups excluding carboxylic acids is 1. The second-order valence-electron chi connectivity index (χ2n) is 4.15. The molecule has 18 heavy (non-hydrogen) atoms. The molecule has 0 saturated carbocycles. The van der Waals surface area contributed by atoms with E-state index < -0.39 is 0 Å². The van der Waals surface area contributed by atoms with E-state index in [1.54, 1.807) is 0 Å². The molecule has 6 heteroatoms. The third kappa shape index (κ3) is 5.02. The predicted molar refractivity (Wildman–Crippen MR) is 77.9 cm³/mol. The normalized spacial score (nSPS) is 10.8. The molecule has 1 aromatic carbocycles. The smallest absolute Gasteiger partial charge is 0.225 e. The quantitative estimate of drug-likeness (QED) is 0.864. The Morgan fingerprint density at radius 1 is 1.22 bits per heavy atom. The van der Waals surface area contributed by atoms with E-state index >= 15 is 0 Å². The van der Waals surface area contributed by atoms with Crippen LogP contribution in [0.5, 0.6) is 0 Å². The van der Waals surface area contributed by atoms with E-state index in [0.717, 1.165) is 0 Å². The summed E-state index contributed by atoms with van der Waals surface area (Å²) < 4.78 is 0. The zero-order valence-corrected chi connectivity index (χ0v) is 12.5. The van der Waals surface area contributed by atoms with Gasteiger partial charge in [-0.1, -0.05) is 48.7 Å². The average molecular weight is 310 g/mol. The van der Waals surface area contributed by atoms with Gasteiger partial charge in [-0.15, -0.1) is 0 Å². The number of hydrogen-bond donors (Lipinski definition) is 2. The lowest BCUT2D eigenvalue weighted by Crippen LogP contribution is -2.27. The van der Waals surface area contributed by atoms with Gasteiger partial charge in [0.25, 0.3) is 0 Å². The van der Waals surface area contributed by atoms with E-state index in [-0.39, 0.29) is 5.91 Å². The van der Waals surface area contributed by atoms with Crippen molar-refractivity contribution in [1.29, 1.82) is 0 Å². The monoisotopic (exact) mass is 308 g/mol. The van der Waals surface area contributed by atoms with Crippen molar-refractivity contribution in [3.05, 3.63) is 27.2 Å². The van der Waals surface area contributed by atoms with Crippen LogP contribution >= 0.6 is 34.8 Å². The zero-order chi connectivity index (χ0) is 13.7. The Balaban J connectivity index is 2.59. The van der Waals surface area contributed by atoms with Crippen molar-refractivity contribution in [3.63, 3.8) is 0 Å². The highest BCUT2D eigenvalue weighted by Gasteiger charge is 2.11. The molecule has 0 spiro atoms. The van der Waals surface area contributed by atoms with E-state index in [4.69, 9.17) is 34.8 Å². The molecular weight excluding hydrogens is 295 g/mol. The number of halogens is 3. The van der Waals surface area contributed by atoms with Crippen LogP contribution in [0, 0.1) is 0 Å². The molecule has 1 aromatic rings. The molecule has 0 aliphatic rings. The van der Waals surface area contributed by atoms with Crippen LogP contribution in [0.15, 0.2) is 12.1 Å². The van der Waals surface area contributed by atoms with E-state index in [1.807, 2.05) is 13.8 Å². The maximum atomic E-state index is 11.7. The molecule has 1 rings (SSSR count). The van der Waals surface area contributed by atoms with Crippen molar-refractivity contribution < 1.29 is 4.79 Å². The first-order valence-electron chi connectivity index (χ1n) is 5.58. The molecule has 2 N–H and O–H groups in total. The molecule has 100 valence electrons. The van der Waals surface area contributed by atoms with Crippen molar-refractivity contribution in [3.8, 4) is 0 Å². The van der Waals surface area contributed by atoms with Crippen LogP contribution in [0.4, 0.5) is 5.69 Å². The van der Waals surface area contributed by atoms with Crippen LogP contribution in [0.2, 0.25) is 15.1 Å². The fourth-order valence-electron chi connectivity index (χ4n) is 1.34. The molecular formula is C12H15Cl3N2O. The third-order valence-corrected chi connectivity index (χ3v) is 2.99. The van der Waals surface area contributed by atoms with Gasteiger partial charge in [-0.05, 0) is 12.1 Å². The van der Waals surface area contributed by atoms with Gasteiger partial charge in [0.05, 0.1) is 15.7 Å². The Kier molecular flexibility index (Phi) is 6.22. The van der Waals surface area contributed by atoms with E-state index in [0.29, 0.717) is 39.8 Å². The molecule has 0 heterocycles. The number of carbonyl (C=O) groups is 1. The van der Waals surface area contributed by atoms with Crippen LogP contribution in [0.25, 0.3) is 0 Å². The van der Waals surface area contributed by atoms with Crippen molar-refractivity contribution in [2.24, 2.45) is 0 Å². The van der Waals surface area contributed by atoms with Gasteiger partial charge in [0.2, 0.25) is 5.91 Å². The van der Waals surface area contributed by atoms with Gasteiger partial charge in [0, 0.05) is 24.0 Å². The van der Waals surface area contributed by atoms with Gasteiger partial charge < -0.3 is 10.6 Å². The van der Waals surface area contributed by atoms with Gasteiger partial charge in [0.1, 0.15) is 0 Å². The van der Waals surface area contributed by atoms with Crippen molar-refractivity contribution in [2.45, 2.75) is 26.3 Å². The minimum Gasteiger partial charge on any atom is -0.324 e. The average Bonchev–Trinajstić information content (AvgIpc) is 2.22. The van der Waals surface area contributed by atoms with Gasteiger partial charge >= 0.3 is 0 Å². The largest absolute Gasteiger partial charge is 0.324 e. The van der Waals surface area contributed by atoms with E-state index in [1.165, 1.54) is 12.1 Å². The van der Waals surface area contributed by atoms with Gasteiger partial charge in [-0.3, -0.25) is 4.79 Å². The fourth-order valence-corrected chi connectivity index (χ4v) is 2.25. The summed E-state index contributed by atoms with van der Waals surface area (Å²) >= 11 is 17.7. The van der Waals surface area contributed by atoms with Crippen molar-refractivity contribution >= 4 is 46.4 Å². The maximum absolute atomic E-state index is 11.7. The van der Waals surface area contributed by atoms with Gasteiger partial charge in [-0.25, -0.2) is 0 Å². The standard InChI is InChI=1S/C12H15Cl3N2O/c1-7(2)16-4-3-11(18)17-12-9(14)5-8(13)6-10(12)15/h5-7,16H,3-4H2,1-2H3,(H,17,18). The second kappa shape index (κ2) is 7.19. The summed E-state index contributed by atoms with van der Waals surface area (Å²) in [5, 5.41) is 6.93. The third-order valence-electron chi connectivity index (χ3n) is 2.18. The molecule has 0 atom stereocenters. The maximum Gasteiger partial charge on any atom is 0.225 e. The number of nitrogens with one attached hydrogen (secondary N) is 2. The minimum absolute atomic E-state index is 0.144. The van der Waals surface area contributed by atoms with Gasteiger partial charge in [-0.2, -0.15) is 0 Å². The molecule has 1 amide bonds. The van der Waals surface area contributed by atoms with E-state index in [9.17, 15) is 4.79 Å². The van der Waals surface area contributed by atoms with Crippen LogP contribution in [0.1, 0.15) is 20.3 Å². The summed E-state index contributed by atoms with van der Waals surface area (Å²) in [4.78, 5) is 11.7. The number of anilines is 1. The molecule has 0 radical (unpaired) electrons. The molecule has 0 fully saturated rings. The molecule has 0 unspecified atom stereocenters. The topological polar surface area (TPSA) is 41.1 Å². The first-order valence-corrected chi connectivity index (χ1v) is 6.71. The molecule has 0 saturated heterocycles. The molecule has 0 aliphatic carbocycles. The summed E-state index contributed by atoms with van der Waals surface area (Å²) in [6, 6.07) is 3.43. The lowest BCUT2D eigenvalue weighted by atomic mass is 10.3. The zero-order valence-electron chi connectivity index (χ0n) is 10.2. The van der Waals surface area contributed by atoms with Crippen molar-refractivity contribution in [1.82, 2.24) is 5.32 Å². The van der Waals surface area contributed by atoms with Crippen LogP contribution < -0.4 is 10.6 Å². The SMILES string of the molecule is CC(C)NCCC(=O)Nc1c(Cl)cc(Cl)cc1Cl. The number of benzene rings is 1. The minimum atomic E-state index is -0.144. The van der Waals surface area contributed by atoms with Crippen LogP contribution in [0.3, 0.4) is 0 Å². The second-order valence-corrected chi connectivity index (χ2v) is 5.40. The Morgan fingerprint density at radius 2 is 1.78 bits per heavy atom. The van der Waals surface area contributed by atoms with Gasteiger partial charge in [0.15, 0.2) is 0 Å². The van der Waals surface area contributed by atoms with Crippen molar-refractivity contribution in [2.75, 3.05) is 11.9 Å². The Hall–Kier alpha value is -0.480. The summed E-state index contributed by atoms with van der Waals surface area (Å²) in [6.07, 6.45) is 0.355. The van der Waals surface area contributed by atoms with E-state index in [2.05, 4.69) is 10.6 Å². The highest BCUT2D eigenvalue weighted by Crippen LogP contribution is 2.33. The highest BCUT2D eigenvalue weighted by molar-refractivity contribution is 6.42. The Labute approximate surface area is 122 Å². The fraction of sp³-hybridized carbons (Fsp3) is 0.417. The summed E-state index contributed by atoms with van der Waals surface area (Å²) in [6.45, 7) is 4.64. The number of rotatable bonds is 5. The first-order chi connectivity index (χ1) is 8.40. The van der Waals surface area contributed by atoms with Crippen LogP contribution in [-0.4, -0.2) is 18.5 Å². The summed E-state index contributed by atoms with van der Waals surface area (Å²) in [5.74, 6) is -0.144. The lowest BCUT2D eigenvalue weighted by Gasteiger charge is -2.11. The summed E-state index contributed by atoms with van der Waals surface area (Å²) in [7, 11) is 0. The Bertz CT molecular complexity index is 412. The Morgan fingerprint density at radius 3 is 2.28 bits per heavy atom. The summed E-state index contributed by atoms with van der Waals surface area (Å²) in [5.41, 5.74) is 0.400. The molecule has 0 aromatic heterocycles. The van der Waals surface area contributed by atoms with Crippen LogP contribution in [-0.2, 0) is 4.79 Å². The predicted octanol–water partition coefficient (Wildman–Crippen LogP) is 3.97. The number of hydrogen-bond acceptors (Lipinski definition) is 2. The molecule has 0 aliphatic heterocycles. The molecule has 0 bridgehead atoms. The number of amides is 1. The first kappa shape index (κ1) is 15.6. The highest BCUT2D eigenvalue weighted by atomic mass is 35.5. The lowest BCUT2D eigenvalue weighted by molar-refractivity contribution is -0.116. The molecule has 3 nitrogen and oxygen atoms in total.